The zero-order chi connectivity index (χ0) is 40.8. The molecule has 0 saturated heterocycles. The fourth-order valence-corrected chi connectivity index (χ4v) is 6.93. The number of carbonyl (C=O) groups excluding carboxylic acids is 3. The summed E-state index contributed by atoms with van der Waals surface area (Å²) in [5.41, 5.74) is 0. The van der Waals surface area contributed by atoms with Gasteiger partial charge in [-0.1, -0.05) is 206 Å². The molecule has 0 aromatic carbocycles. The summed E-state index contributed by atoms with van der Waals surface area (Å²) in [5.74, 6) is -0.886. The Morgan fingerprint density at radius 1 is 0.339 bits per heavy atom. The first-order valence-corrected chi connectivity index (χ1v) is 24.3. The molecule has 0 aromatic heterocycles. The van der Waals surface area contributed by atoms with Crippen LogP contribution >= 0.6 is 0 Å². The molecule has 328 valence electrons. The van der Waals surface area contributed by atoms with Gasteiger partial charge in [0.15, 0.2) is 6.10 Å². The average Bonchev–Trinajstić information content (AvgIpc) is 3.19. The topological polar surface area (TPSA) is 78.9 Å². The second kappa shape index (κ2) is 45.6. The van der Waals surface area contributed by atoms with Crippen LogP contribution in [0, 0.1) is 0 Å². The third kappa shape index (κ3) is 43.0. The van der Waals surface area contributed by atoms with E-state index >= 15 is 0 Å². The number of esters is 3. The number of hydrogen-bond acceptors (Lipinski definition) is 6. The van der Waals surface area contributed by atoms with Crippen molar-refractivity contribution >= 4 is 17.9 Å². The predicted octanol–water partition coefficient (Wildman–Crippen LogP) is 15.6. The van der Waals surface area contributed by atoms with E-state index in [-0.39, 0.29) is 31.1 Å². The molecule has 0 aliphatic carbocycles. The summed E-state index contributed by atoms with van der Waals surface area (Å²) in [6, 6.07) is 0. The Hall–Kier alpha value is -2.11. The van der Waals surface area contributed by atoms with Crippen LogP contribution in [-0.2, 0) is 28.6 Å². The van der Waals surface area contributed by atoms with Crippen molar-refractivity contribution in [3.8, 4) is 0 Å². The first-order chi connectivity index (χ1) is 27.5. The Morgan fingerprint density at radius 2 is 0.607 bits per heavy atom. The molecule has 0 radical (unpaired) electrons. The highest BCUT2D eigenvalue weighted by Gasteiger charge is 2.19. The van der Waals surface area contributed by atoms with Gasteiger partial charge in [0.2, 0.25) is 0 Å². The molecule has 0 fully saturated rings. The summed E-state index contributed by atoms with van der Waals surface area (Å²) >= 11 is 0. The molecule has 0 rings (SSSR count). The van der Waals surface area contributed by atoms with E-state index in [1.165, 1.54) is 141 Å². The van der Waals surface area contributed by atoms with E-state index in [4.69, 9.17) is 14.2 Å². The quantitative estimate of drug-likeness (QED) is 0.0265. The molecule has 56 heavy (non-hydrogen) atoms. The van der Waals surface area contributed by atoms with Crippen LogP contribution in [-0.4, -0.2) is 37.2 Å². The monoisotopic (exact) mass is 789 g/mol. The van der Waals surface area contributed by atoms with E-state index in [0.29, 0.717) is 19.3 Å². The van der Waals surface area contributed by atoms with E-state index in [0.717, 1.165) is 77.0 Å². The second-order valence-corrected chi connectivity index (χ2v) is 16.4. The van der Waals surface area contributed by atoms with E-state index in [1.54, 1.807) is 0 Å². The molecule has 0 amide bonds. The van der Waals surface area contributed by atoms with Gasteiger partial charge in [-0.05, 0) is 57.8 Å². The fraction of sp³-hybridized carbons (Fsp3) is 0.860. The molecule has 0 aromatic rings. The van der Waals surface area contributed by atoms with Crippen LogP contribution in [0.2, 0.25) is 0 Å². The number of rotatable bonds is 44. The van der Waals surface area contributed by atoms with Crippen molar-refractivity contribution < 1.29 is 28.6 Å². The Bertz CT molecular complexity index is 911. The van der Waals surface area contributed by atoms with E-state index in [1.807, 2.05) is 0 Å². The fourth-order valence-electron chi connectivity index (χ4n) is 6.93. The maximum atomic E-state index is 12.7. The molecule has 6 heteroatoms. The molecule has 0 spiro atoms. The Labute approximate surface area is 347 Å². The van der Waals surface area contributed by atoms with Crippen molar-refractivity contribution in [2.75, 3.05) is 13.2 Å². The van der Waals surface area contributed by atoms with Gasteiger partial charge < -0.3 is 14.2 Å². The number of ether oxygens (including phenoxy) is 3. The van der Waals surface area contributed by atoms with Gasteiger partial charge in [-0.25, -0.2) is 0 Å². The van der Waals surface area contributed by atoms with E-state index in [2.05, 4.69) is 45.1 Å². The van der Waals surface area contributed by atoms with E-state index < -0.39 is 6.10 Å². The maximum Gasteiger partial charge on any atom is 0.306 e. The summed E-state index contributed by atoms with van der Waals surface area (Å²) in [4.78, 5) is 37.8. The normalized spacial score (nSPS) is 12.1. The first-order valence-electron chi connectivity index (χ1n) is 24.3. The zero-order valence-corrected chi connectivity index (χ0v) is 37.4. The Balaban J connectivity index is 4.31. The highest BCUT2D eigenvalue weighted by atomic mass is 16.6. The molecule has 0 N–H and O–H groups in total. The smallest absolute Gasteiger partial charge is 0.306 e. The number of unbranched alkanes of at least 4 members (excludes halogenated alkanes) is 29. The lowest BCUT2D eigenvalue weighted by Crippen LogP contribution is -2.30. The molecule has 0 aliphatic heterocycles. The van der Waals surface area contributed by atoms with Crippen LogP contribution < -0.4 is 0 Å². The second-order valence-electron chi connectivity index (χ2n) is 16.4. The van der Waals surface area contributed by atoms with Gasteiger partial charge in [-0.15, -0.1) is 0 Å². The molecule has 6 nitrogen and oxygen atoms in total. The van der Waals surface area contributed by atoms with Crippen LogP contribution in [0.4, 0.5) is 0 Å². The summed E-state index contributed by atoms with van der Waals surface area (Å²) in [5, 5.41) is 0. The van der Waals surface area contributed by atoms with Crippen LogP contribution in [0.25, 0.3) is 0 Å². The Kier molecular flexibility index (Phi) is 43.9. The van der Waals surface area contributed by atoms with Crippen LogP contribution in [0.15, 0.2) is 24.3 Å². The third-order valence-electron chi connectivity index (χ3n) is 10.7. The van der Waals surface area contributed by atoms with Crippen LogP contribution in [0.1, 0.15) is 258 Å². The minimum absolute atomic E-state index is 0.0740. The van der Waals surface area contributed by atoms with Gasteiger partial charge in [0, 0.05) is 19.3 Å². The van der Waals surface area contributed by atoms with Crippen molar-refractivity contribution in [1.29, 1.82) is 0 Å². The van der Waals surface area contributed by atoms with Crippen molar-refractivity contribution in [2.45, 2.75) is 264 Å². The van der Waals surface area contributed by atoms with Gasteiger partial charge in [0.1, 0.15) is 13.2 Å². The molecule has 0 heterocycles. The van der Waals surface area contributed by atoms with Crippen molar-refractivity contribution in [1.82, 2.24) is 0 Å². The molecular weight excluding hydrogens is 697 g/mol. The molecule has 0 saturated carbocycles. The van der Waals surface area contributed by atoms with Gasteiger partial charge >= 0.3 is 17.9 Å². The third-order valence-corrected chi connectivity index (χ3v) is 10.7. The van der Waals surface area contributed by atoms with Crippen molar-refractivity contribution in [2.24, 2.45) is 0 Å². The SMILES string of the molecule is CCCC/C=C\CCCCCCCC(=O)OC[C@H](COC(=O)CCCCCCCCCCCCCCCCCC)OC(=O)CCCCCCC/C=C\CCCC. The van der Waals surface area contributed by atoms with Crippen LogP contribution in [0.3, 0.4) is 0 Å². The molecule has 0 aliphatic rings. The standard InChI is InChI=1S/C50H92O6/c1-4-7-10-13-16-19-22-23-24-25-26-29-31-34-37-40-43-49(52)55-46-47(56-50(53)44-41-38-35-32-28-21-18-15-12-9-6-3)45-54-48(51)42-39-36-33-30-27-20-17-14-11-8-5-2/h14-15,17-18,47H,4-13,16,19-46H2,1-3H3/b17-14-,18-15-/t47-/m1/s1. The predicted molar refractivity (Wildman–Crippen MR) is 238 cm³/mol. The molecular formula is C50H92O6. The maximum absolute atomic E-state index is 12.7. The molecule has 0 bridgehead atoms. The van der Waals surface area contributed by atoms with Gasteiger partial charge in [-0.2, -0.15) is 0 Å². The summed E-state index contributed by atoms with van der Waals surface area (Å²) in [6.07, 6.45) is 50.2. The number of allylic oxidation sites excluding steroid dienone is 4. The highest BCUT2D eigenvalue weighted by molar-refractivity contribution is 5.71. The number of carbonyl (C=O) groups is 3. The van der Waals surface area contributed by atoms with Gasteiger partial charge in [0.25, 0.3) is 0 Å². The number of hydrogen-bond donors (Lipinski definition) is 0. The first kappa shape index (κ1) is 53.9. The minimum Gasteiger partial charge on any atom is -0.462 e. The van der Waals surface area contributed by atoms with Crippen molar-refractivity contribution in [3.63, 3.8) is 0 Å². The molecule has 0 unspecified atom stereocenters. The highest BCUT2D eigenvalue weighted by Crippen LogP contribution is 2.15. The van der Waals surface area contributed by atoms with Gasteiger partial charge in [0.05, 0.1) is 0 Å². The molecule has 1 atom stereocenters. The minimum atomic E-state index is -0.772. The average molecular weight is 789 g/mol. The summed E-state index contributed by atoms with van der Waals surface area (Å²) < 4.78 is 16.7. The van der Waals surface area contributed by atoms with Gasteiger partial charge in [-0.3, -0.25) is 14.4 Å². The Morgan fingerprint density at radius 3 is 0.946 bits per heavy atom. The lowest BCUT2D eigenvalue weighted by atomic mass is 10.0. The summed E-state index contributed by atoms with van der Waals surface area (Å²) in [7, 11) is 0. The zero-order valence-electron chi connectivity index (χ0n) is 37.4. The lowest BCUT2D eigenvalue weighted by molar-refractivity contribution is -0.167. The summed E-state index contributed by atoms with van der Waals surface area (Å²) in [6.45, 7) is 6.56. The van der Waals surface area contributed by atoms with E-state index in [9.17, 15) is 14.4 Å². The lowest BCUT2D eigenvalue weighted by Gasteiger charge is -2.18. The largest absolute Gasteiger partial charge is 0.462 e. The van der Waals surface area contributed by atoms with Crippen molar-refractivity contribution in [3.05, 3.63) is 24.3 Å². The van der Waals surface area contributed by atoms with Crippen LogP contribution in [0.5, 0.6) is 0 Å².